The molecule has 0 spiro atoms. The zero-order chi connectivity index (χ0) is 51.2. The van der Waals surface area contributed by atoms with Crippen molar-refractivity contribution in [2.24, 2.45) is 0 Å². The minimum atomic E-state index is -1.02. The summed E-state index contributed by atoms with van der Waals surface area (Å²) in [5, 5.41) is 13.3. The van der Waals surface area contributed by atoms with Gasteiger partial charge in [-0.25, -0.2) is 18.9 Å². The summed E-state index contributed by atoms with van der Waals surface area (Å²) >= 11 is 0. The number of piperidine rings is 1. The Morgan fingerprint density at radius 2 is 1.42 bits per heavy atom. The maximum absolute atomic E-state index is 14.1. The van der Waals surface area contributed by atoms with Gasteiger partial charge in [0, 0.05) is 57.9 Å². The highest BCUT2D eigenvalue weighted by atomic mass is 19.1. The molecule has 0 aliphatic carbocycles. The minimum absolute atomic E-state index is 0.0491. The number of halogens is 1. The van der Waals surface area contributed by atoms with Gasteiger partial charge >= 0.3 is 0 Å². The van der Waals surface area contributed by atoms with Gasteiger partial charge in [-0.3, -0.25) is 39.1 Å². The quantitative estimate of drug-likeness (QED) is 0.0535. The fourth-order valence-corrected chi connectivity index (χ4v) is 9.59. The Labute approximate surface area is 427 Å². The second-order valence-corrected chi connectivity index (χ2v) is 18.2. The molecule has 74 heavy (non-hydrogen) atoms. The molecule has 2 atom stereocenters. The van der Waals surface area contributed by atoms with E-state index in [0.717, 1.165) is 84.7 Å². The number of benzene rings is 2. The van der Waals surface area contributed by atoms with Gasteiger partial charge in [0.15, 0.2) is 5.65 Å². The molecule has 3 fully saturated rings. The van der Waals surface area contributed by atoms with E-state index in [-0.39, 0.29) is 41.7 Å². The number of piperazine rings is 1. The van der Waals surface area contributed by atoms with Crippen LogP contribution in [0, 0.1) is 5.82 Å². The number of imide groups is 2. The lowest BCUT2D eigenvalue weighted by Crippen LogP contribution is -2.54. The number of aromatic nitrogens is 4. The molecule has 21 nitrogen and oxygen atoms in total. The second-order valence-electron chi connectivity index (χ2n) is 18.2. The van der Waals surface area contributed by atoms with Gasteiger partial charge in [0.05, 0.1) is 102 Å². The number of pyridine rings is 1. The fraction of sp³-hybridized carbons (Fsp3) is 0.462. The molecule has 5 aromatic rings. The summed E-state index contributed by atoms with van der Waals surface area (Å²) in [6.07, 6.45) is 3.87. The highest BCUT2D eigenvalue weighted by molar-refractivity contribution is 6.25. The third kappa shape index (κ3) is 12.9. The molecule has 7 heterocycles. The molecule has 9 rings (SSSR count). The number of anilines is 3. The first-order chi connectivity index (χ1) is 36.2. The Hall–Kier alpha value is -6.95. The minimum Gasteiger partial charge on any atom is -0.382 e. The Balaban J connectivity index is 0.571. The molecule has 2 aromatic carbocycles. The van der Waals surface area contributed by atoms with Crippen molar-refractivity contribution >= 4 is 52.5 Å². The van der Waals surface area contributed by atoms with E-state index in [1.807, 2.05) is 40.9 Å². The third-order valence-electron chi connectivity index (χ3n) is 13.3. The van der Waals surface area contributed by atoms with E-state index in [4.69, 9.17) is 33.8 Å². The van der Waals surface area contributed by atoms with E-state index < -0.39 is 29.7 Å². The molecule has 3 saturated heterocycles. The number of nitrogens with one attached hydrogen (secondary N) is 3. The summed E-state index contributed by atoms with van der Waals surface area (Å²) in [5.41, 5.74) is 4.09. The standard InChI is InChI=1S/C52H62FN11O10/c53-37-6-1-5-36(33-37)41-10-4-18-62(41)46-14-13-44-56-34-43(64(44)59-46)39-8-3-11-45(57-39)61-21-19-60(20-22-61)35-48(66)55-17-24-71-26-28-73-30-32-74-31-29-72-27-25-70-23-16-54-40-9-2-7-38-49(40)52(69)63(51(38)68)42-12-15-47(65)58-50(42)67/h1-3,5-9,11,13-14,33-34,41-42,54H,4,10,12,15-32,35H2,(H,55,66)(H,58,65,67)/t41-,42?/m1/s1. The highest BCUT2D eigenvalue weighted by Crippen LogP contribution is 2.36. The number of hydrogen-bond acceptors (Lipinski definition) is 17. The predicted molar refractivity (Wildman–Crippen MR) is 269 cm³/mol. The number of hydrogen-bond donors (Lipinski definition) is 3. The van der Waals surface area contributed by atoms with E-state index in [1.165, 1.54) is 6.07 Å². The average molecular weight is 1020 g/mol. The van der Waals surface area contributed by atoms with Gasteiger partial charge in [-0.15, -0.1) is 5.10 Å². The van der Waals surface area contributed by atoms with Crippen LogP contribution in [0.1, 0.15) is 58.0 Å². The SMILES string of the molecule is O=C(CN1CCN(c2cccc(-c3cnc4ccc(N5CCC[C@@H]5c5cccc(F)c5)nn34)n2)CC1)NCCOCCOCCOCCOCCOCCNc1cccc2c1C(=O)N(C1CCC(=O)NC1=O)C2=O. The molecule has 4 aliphatic heterocycles. The monoisotopic (exact) mass is 1020 g/mol. The molecule has 392 valence electrons. The molecule has 0 saturated carbocycles. The van der Waals surface area contributed by atoms with E-state index >= 15 is 0 Å². The van der Waals surface area contributed by atoms with Crippen LogP contribution in [-0.2, 0) is 38.1 Å². The maximum Gasteiger partial charge on any atom is 0.264 e. The summed E-state index contributed by atoms with van der Waals surface area (Å²) < 4.78 is 43.9. The summed E-state index contributed by atoms with van der Waals surface area (Å²) in [6.45, 7) is 8.62. The van der Waals surface area contributed by atoms with Crippen molar-refractivity contribution in [1.82, 2.24) is 40.0 Å². The number of carbonyl (C=O) groups excluding carboxylic acids is 5. The maximum atomic E-state index is 14.1. The van der Waals surface area contributed by atoms with Crippen molar-refractivity contribution in [1.29, 1.82) is 0 Å². The van der Waals surface area contributed by atoms with Gasteiger partial charge in [0.25, 0.3) is 11.8 Å². The summed E-state index contributed by atoms with van der Waals surface area (Å²) in [4.78, 5) is 80.1. The first kappa shape index (κ1) is 51.9. The number of amides is 5. The zero-order valence-electron chi connectivity index (χ0n) is 41.3. The largest absolute Gasteiger partial charge is 0.382 e. The van der Waals surface area contributed by atoms with Gasteiger partial charge in [-0.2, -0.15) is 0 Å². The van der Waals surface area contributed by atoms with E-state index in [9.17, 15) is 28.4 Å². The molecule has 0 radical (unpaired) electrons. The summed E-state index contributed by atoms with van der Waals surface area (Å²) in [6, 6.07) is 20.7. The predicted octanol–water partition coefficient (Wildman–Crippen LogP) is 3.11. The molecule has 3 aromatic heterocycles. The molecule has 22 heteroatoms. The number of fused-ring (bicyclic) bond motifs is 2. The van der Waals surface area contributed by atoms with Crippen LogP contribution in [0.15, 0.2) is 79.0 Å². The second kappa shape index (κ2) is 25.3. The number of ether oxygens (including phenoxy) is 5. The van der Waals surface area contributed by atoms with Crippen LogP contribution in [0.25, 0.3) is 17.0 Å². The van der Waals surface area contributed by atoms with Crippen molar-refractivity contribution in [2.45, 2.75) is 37.8 Å². The first-order valence-electron chi connectivity index (χ1n) is 25.3. The van der Waals surface area contributed by atoms with Crippen molar-refractivity contribution in [2.75, 3.05) is 134 Å². The Kier molecular flexibility index (Phi) is 17.8. The van der Waals surface area contributed by atoms with Crippen LogP contribution in [0.3, 0.4) is 0 Å². The molecular weight excluding hydrogens is 958 g/mol. The van der Waals surface area contributed by atoms with Gasteiger partial charge in [-0.05, 0) is 73.4 Å². The zero-order valence-corrected chi connectivity index (χ0v) is 41.3. The normalized spacial score (nSPS) is 18.1. The average Bonchev–Trinajstić information content (AvgIpc) is 4.14. The first-order valence-corrected chi connectivity index (χ1v) is 25.3. The summed E-state index contributed by atoms with van der Waals surface area (Å²) in [5.74, 6) is -0.823. The van der Waals surface area contributed by atoms with Gasteiger partial charge in [0.2, 0.25) is 17.7 Å². The number of rotatable bonds is 26. The highest BCUT2D eigenvalue weighted by Gasteiger charge is 2.45. The van der Waals surface area contributed by atoms with Gasteiger partial charge in [-0.1, -0.05) is 24.3 Å². The molecule has 3 N–H and O–H groups in total. The fourth-order valence-electron chi connectivity index (χ4n) is 9.59. The van der Waals surface area contributed by atoms with E-state index in [1.54, 1.807) is 36.5 Å². The molecule has 0 bridgehead atoms. The smallest absolute Gasteiger partial charge is 0.264 e. The van der Waals surface area contributed by atoms with E-state index in [2.05, 4.69) is 35.6 Å². The van der Waals surface area contributed by atoms with Gasteiger partial charge in [0.1, 0.15) is 29.2 Å². The van der Waals surface area contributed by atoms with Crippen molar-refractivity contribution in [3.63, 3.8) is 0 Å². The lowest BCUT2D eigenvalue weighted by Gasteiger charge is -2.35. The summed E-state index contributed by atoms with van der Waals surface area (Å²) in [7, 11) is 0. The Morgan fingerprint density at radius 3 is 2.15 bits per heavy atom. The van der Waals surface area contributed by atoms with Gasteiger partial charge < -0.3 is 44.1 Å². The van der Waals surface area contributed by atoms with Crippen LogP contribution >= 0.6 is 0 Å². The van der Waals surface area contributed by atoms with Crippen LogP contribution in [0.4, 0.5) is 21.7 Å². The Bertz CT molecular complexity index is 2770. The van der Waals surface area contributed by atoms with Crippen LogP contribution in [0.2, 0.25) is 0 Å². The number of imidazole rings is 1. The topological polar surface area (TPSA) is 224 Å². The van der Waals surface area contributed by atoms with Crippen LogP contribution in [-0.4, -0.2) is 183 Å². The Morgan fingerprint density at radius 1 is 0.716 bits per heavy atom. The van der Waals surface area contributed by atoms with Crippen molar-refractivity contribution in [3.05, 3.63) is 102 Å². The van der Waals surface area contributed by atoms with E-state index in [0.29, 0.717) is 91.4 Å². The van der Waals surface area contributed by atoms with Crippen molar-refractivity contribution < 1.29 is 52.0 Å². The third-order valence-corrected chi connectivity index (χ3v) is 13.3. The molecular formula is C52H62FN11O10. The van der Waals surface area contributed by atoms with Crippen molar-refractivity contribution in [3.8, 4) is 11.4 Å². The lowest BCUT2D eigenvalue weighted by molar-refractivity contribution is -0.136. The lowest BCUT2D eigenvalue weighted by atomic mass is 10.0. The number of carbonyl (C=O) groups is 5. The van der Waals surface area contributed by atoms with Crippen LogP contribution < -0.4 is 25.8 Å². The molecule has 1 unspecified atom stereocenters. The van der Waals surface area contributed by atoms with Crippen LogP contribution in [0.5, 0.6) is 0 Å². The molecule has 4 aliphatic rings. The number of nitrogens with zero attached hydrogens (tertiary/aromatic N) is 8. The molecule has 5 amide bonds.